The quantitative estimate of drug-likeness (QED) is 0.455. The van der Waals surface area contributed by atoms with Gasteiger partial charge in [-0.15, -0.1) is 0 Å². The molecule has 0 N–H and O–H groups in total. The number of fused-ring (bicyclic) bond motifs is 1. The van der Waals surface area contributed by atoms with Gasteiger partial charge in [-0.25, -0.2) is 0 Å². The Labute approximate surface area is 174 Å². The highest BCUT2D eigenvalue weighted by atomic mass is 32.2. The van der Waals surface area contributed by atoms with Crippen molar-refractivity contribution in [2.45, 2.75) is 12.3 Å². The van der Waals surface area contributed by atoms with E-state index in [1.807, 2.05) is 18.2 Å². The van der Waals surface area contributed by atoms with E-state index >= 15 is 0 Å². The van der Waals surface area contributed by atoms with Gasteiger partial charge in [-0.3, -0.25) is 0 Å². The molecule has 0 amide bonds. The van der Waals surface area contributed by atoms with Crippen LogP contribution in [0.15, 0.2) is 99.5 Å². The summed E-state index contributed by atoms with van der Waals surface area (Å²) in [6.45, 7) is 6.03. The molecule has 0 aromatic heterocycles. The van der Waals surface area contributed by atoms with Crippen LogP contribution in [0.4, 0.5) is 0 Å². The molecule has 0 spiro atoms. The number of nitriles is 1. The third kappa shape index (κ3) is 3.09. The van der Waals surface area contributed by atoms with Crippen molar-refractivity contribution in [1.29, 1.82) is 5.26 Å². The molecule has 1 aliphatic rings. The number of rotatable bonds is 4. The van der Waals surface area contributed by atoms with Crippen LogP contribution in [0, 0.1) is 11.3 Å². The van der Waals surface area contributed by atoms with Gasteiger partial charge in [0.25, 0.3) is 0 Å². The van der Waals surface area contributed by atoms with E-state index in [1.165, 1.54) is 22.5 Å². The van der Waals surface area contributed by atoms with Crippen molar-refractivity contribution in [2.75, 3.05) is 0 Å². The first-order valence-electron chi connectivity index (χ1n) is 9.04. The van der Waals surface area contributed by atoms with E-state index in [-0.39, 0.29) is 0 Å². The van der Waals surface area contributed by atoms with Gasteiger partial charge < -0.3 is 0 Å². The fraction of sp³-hybridized carbons (Fsp3) is 0.0800. The fourth-order valence-corrected chi connectivity index (χ4v) is 6.05. The Hall–Kier alpha value is -2.67. The van der Waals surface area contributed by atoms with Crippen LogP contribution in [0.2, 0.25) is 0 Å². The topological polar surface area (TPSA) is 23.8 Å². The minimum Gasteiger partial charge on any atom is -0.193 e. The van der Waals surface area contributed by atoms with E-state index in [1.54, 1.807) is 17.2 Å². The molecule has 4 rings (SSSR count). The third-order valence-electron chi connectivity index (χ3n) is 5.13. The number of hydrogen-bond acceptors (Lipinski definition) is 3. The van der Waals surface area contributed by atoms with Crippen LogP contribution in [-0.4, -0.2) is 0 Å². The molecule has 0 bridgehead atoms. The van der Waals surface area contributed by atoms with Gasteiger partial charge in [0.2, 0.25) is 0 Å². The first-order valence-corrected chi connectivity index (χ1v) is 10.7. The van der Waals surface area contributed by atoms with Crippen molar-refractivity contribution in [3.8, 4) is 6.07 Å². The van der Waals surface area contributed by atoms with Crippen LogP contribution in [0.1, 0.15) is 18.1 Å². The molecule has 0 saturated heterocycles. The summed E-state index contributed by atoms with van der Waals surface area (Å²) in [7, 11) is 0. The normalized spacial score (nSPS) is 20.5. The largest absolute Gasteiger partial charge is 0.193 e. The molecule has 0 aliphatic carbocycles. The summed E-state index contributed by atoms with van der Waals surface area (Å²) < 4.78 is 1.01. The zero-order valence-electron chi connectivity index (χ0n) is 15.6. The van der Waals surface area contributed by atoms with Crippen molar-refractivity contribution >= 4 is 40.4 Å². The molecular formula is C25H19NS2. The Morgan fingerprint density at radius 3 is 2.46 bits per heavy atom. The SMILES string of the molecule is C=CSC1=C(C#N)C(C)(c2cccc3ccccc23)/C(=C/c2ccccc2)S1. The zero-order chi connectivity index (χ0) is 19.6. The second-order valence-corrected chi connectivity index (χ2v) is 9.02. The first-order chi connectivity index (χ1) is 13.7. The fourth-order valence-electron chi connectivity index (χ4n) is 3.70. The molecule has 3 heteroatoms. The van der Waals surface area contributed by atoms with E-state index in [0.717, 1.165) is 25.8 Å². The van der Waals surface area contributed by atoms with Crippen molar-refractivity contribution in [3.63, 3.8) is 0 Å². The summed E-state index contributed by atoms with van der Waals surface area (Å²) in [4.78, 5) is 1.16. The molecule has 0 radical (unpaired) electrons. The number of nitrogens with zero attached hydrogens (tertiary/aromatic N) is 1. The van der Waals surface area contributed by atoms with Crippen LogP contribution in [-0.2, 0) is 5.41 Å². The number of benzene rings is 3. The Bertz CT molecular complexity index is 1150. The molecule has 1 nitrogen and oxygen atoms in total. The predicted octanol–water partition coefficient (Wildman–Crippen LogP) is 7.50. The van der Waals surface area contributed by atoms with Gasteiger partial charge in [-0.05, 0) is 40.3 Å². The van der Waals surface area contributed by atoms with Crippen LogP contribution >= 0.6 is 23.5 Å². The van der Waals surface area contributed by atoms with Crippen LogP contribution in [0.3, 0.4) is 0 Å². The highest BCUT2D eigenvalue weighted by molar-refractivity contribution is 8.25. The van der Waals surface area contributed by atoms with Crippen molar-refractivity contribution in [1.82, 2.24) is 0 Å². The van der Waals surface area contributed by atoms with Gasteiger partial charge >= 0.3 is 0 Å². The lowest BCUT2D eigenvalue weighted by Crippen LogP contribution is -2.23. The summed E-state index contributed by atoms with van der Waals surface area (Å²) in [5.74, 6) is 0. The van der Waals surface area contributed by atoms with Gasteiger partial charge in [-0.1, -0.05) is 103 Å². The van der Waals surface area contributed by atoms with Gasteiger partial charge in [-0.2, -0.15) is 5.26 Å². The summed E-state index contributed by atoms with van der Waals surface area (Å²) in [6.07, 6.45) is 2.21. The second kappa shape index (κ2) is 7.75. The second-order valence-electron chi connectivity index (χ2n) is 6.73. The monoisotopic (exact) mass is 397 g/mol. The highest BCUT2D eigenvalue weighted by Crippen LogP contribution is 2.59. The molecule has 136 valence electrons. The average Bonchev–Trinajstić information content (AvgIpc) is 3.00. The van der Waals surface area contributed by atoms with Crippen molar-refractivity contribution in [2.24, 2.45) is 0 Å². The third-order valence-corrected chi connectivity index (χ3v) is 7.39. The van der Waals surface area contributed by atoms with E-state index in [2.05, 4.69) is 80.2 Å². The molecule has 28 heavy (non-hydrogen) atoms. The highest BCUT2D eigenvalue weighted by Gasteiger charge is 2.44. The molecular weight excluding hydrogens is 378 g/mol. The zero-order valence-corrected chi connectivity index (χ0v) is 17.2. The summed E-state index contributed by atoms with van der Waals surface area (Å²) in [6, 6.07) is 27.6. The maximum absolute atomic E-state index is 10.1. The van der Waals surface area contributed by atoms with Crippen LogP contribution < -0.4 is 0 Å². The van der Waals surface area contributed by atoms with E-state index in [0.29, 0.717) is 0 Å². The Morgan fingerprint density at radius 2 is 1.71 bits per heavy atom. The Kier molecular flexibility index (Phi) is 5.17. The summed E-state index contributed by atoms with van der Waals surface area (Å²) in [5, 5.41) is 14.3. The number of thioether (sulfide) groups is 2. The molecule has 1 atom stereocenters. The van der Waals surface area contributed by atoms with Crippen molar-refractivity contribution in [3.05, 3.63) is 111 Å². The lowest BCUT2D eigenvalue weighted by atomic mass is 9.74. The molecule has 1 unspecified atom stereocenters. The van der Waals surface area contributed by atoms with Gasteiger partial charge in [0.05, 0.1) is 21.3 Å². The van der Waals surface area contributed by atoms with Gasteiger partial charge in [0.1, 0.15) is 0 Å². The lowest BCUT2D eigenvalue weighted by Gasteiger charge is -2.28. The van der Waals surface area contributed by atoms with Gasteiger partial charge in [0.15, 0.2) is 0 Å². The van der Waals surface area contributed by atoms with Crippen LogP contribution in [0.5, 0.6) is 0 Å². The standard InChI is InChI=1S/C25H19NS2/c1-3-27-24-22(17-26)25(2,23(28-24)16-18-10-5-4-6-11-18)21-15-9-13-19-12-7-8-14-20(19)21/h3-16H,1H2,2H3/b23-16-. The Morgan fingerprint density at radius 1 is 1.00 bits per heavy atom. The summed E-state index contributed by atoms with van der Waals surface area (Å²) >= 11 is 3.21. The predicted molar refractivity (Wildman–Crippen MR) is 124 cm³/mol. The van der Waals surface area contributed by atoms with E-state index < -0.39 is 5.41 Å². The van der Waals surface area contributed by atoms with E-state index in [9.17, 15) is 5.26 Å². The van der Waals surface area contributed by atoms with E-state index in [4.69, 9.17) is 0 Å². The average molecular weight is 398 g/mol. The minimum atomic E-state index is -0.499. The maximum atomic E-state index is 10.1. The molecule has 0 saturated carbocycles. The van der Waals surface area contributed by atoms with Gasteiger partial charge in [0, 0.05) is 4.91 Å². The molecule has 1 aliphatic heterocycles. The maximum Gasteiger partial charge on any atom is 0.0978 e. The lowest BCUT2D eigenvalue weighted by molar-refractivity contribution is 0.733. The van der Waals surface area contributed by atoms with Crippen molar-refractivity contribution < 1.29 is 0 Å². The molecule has 0 fully saturated rings. The molecule has 3 aromatic carbocycles. The number of allylic oxidation sites excluding steroid dienone is 2. The van der Waals surface area contributed by atoms with Crippen LogP contribution in [0.25, 0.3) is 16.8 Å². The molecule has 3 aromatic rings. The molecule has 1 heterocycles. The summed E-state index contributed by atoms with van der Waals surface area (Å²) in [5.41, 5.74) is 2.60. The first kappa shape index (κ1) is 18.7. The number of hydrogen-bond donors (Lipinski definition) is 0. The minimum absolute atomic E-state index is 0.499. The smallest absolute Gasteiger partial charge is 0.0978 e. The Balaban J connectivity index is 2.00.